The van der Waals surface area contributed by atoms with Crippen molar-refractivity contribution in [2.45, 2.75) is 153 Å². The standard InChI is InChI=1S/C37H62O10/c1-3-5-7-9-11-12-13-14-15-16-17-18-20-21-23-25-32(39)44-28-30(46-33(40)26-24-22-19-10-8-6-4-2)29-45-37-36(43)35(42)34(41)31(27-38)47-37/h4-5,7,11-12,14-15,30-31,34-38,41-43H,2-3,6,8-10,13,16-29H2,1H3/b7-5+,12-11+,15-14+/t30-,31-,34+,35+,36-,37-/m1/s1. The molecule has 0 aromatic heterocycles. The lowest BCUT2D eigenvalue weighted by molar-refractivity contribution is -0.305. The van der Waals surface area contributed by atoms with E-state index in [1.54, 1.807) is 0 Å². The molecule has 4 N–H and O–H groups in total. The summed E-state index contributed by atoms with van der Waals surface area (Å²) in [5.41, 5.74) is 0. The third-order valence-corrected chi connectivity index (χ3v) is 7.84. The van der Waals surface area contributed by atoms with Gasteiger partial charge in [-0.1, -0.05) is 88.0 Å². The number of aliphatic hydroxyl groups excluding tert-OH is 4. The largest absolute Gasteiger partial charge is 0.462 e. The highest BCUT2D eigenvalue weighted by Gasteiger charge is 2.44. The number of hydrogen-bond donors (Lipinski definition) is 4. The fourth-order valence-electron chi connectivity index (χ4n) is 5.00. The van der Waals surface area contributed by atoms with Gasteiger partial charge in [-0.15, -0.1) is 6.58 Å². The van der Waals surface area contributed by atoms with Crippen LogP contribution >= 0.6 is 0 Å². The molecule has 0 bridgehead atoms. The molecule has 10 heteroatoms. The average Bonchev–Trinajstić information content (AvgIpc) is 3.06. The summed E-state index contributed by atoms with van der Waals surface area (Å²) < 4.78 is 21.9. The van der Waals surface area contributed by atoms with Gasteiger partial charge >= 0.3 is 11.9 Å². The Hall–Kier alpha value is -2.34. The van der Waals surface area contributed by atoms with Crippen LogP contribution in [0.4, 0.5) is 0 Å². The van der Waals surface area contributed by atoms with E-state index >= 15 is 0 Å². The Morgan fingerprint density at radius 3 is 1.94 bits per heavy atom. The SMILES string of the molecule is C=CCCCCCCCC(=O)O[C@H](COC(=O)CCCCCCC/C=C/C/C=C/C/C=C/CC)CO[C@@H]1O[C@H](CO)[C@H](O)[C@H](O)[C@H]1O. The molecular weight excluding hydrogens is 604 g/mol. The molecule has 0 unspecified atom stereocenters. The Kier molecular flexibility index (Phi) is 26.0. The quantitative estimate of drug-likeness (QED) is 0.0461. The second-order valence-electron chi connectivity index (χ2n) is 12.0. The normalized spacial score (nSPS) is 22.3. The van der Waals surface area contributed by atoms with Crippen molar-refractivity contribution in [2.24, 2.45) is 0 Å². The Balaban J connectivity index is 2.40. The summed E-state index contributed by atoms with van der Waals surface area (Å²) in [5.74, 6) is -0.861. The molecule has 47 heavy (non-hydrogen) atoms. The van der Waals surface area contributed by atoms with Crippen molar-refractivity contribution < 1.29 is 49.0 Å². The highest BCUT2D eigenvalue weighted by molar-refractivity contribution is 5.70. The lowest BCUT2D eigenvalue weighted by atomic mass is 9.99. The average molecular weight is 667 g/mol. The number of allylic oxidation sites excluding steroid dienone is 7. The highest BCUT2D eigenvalue weighted by Crippen LogP contribution is 2.22. The minimum Gasteiger partial charge on any atom is -0.462 e. The first kappa shape index (κ1) is 42.7. The molecule has 270 valence electrons. The van der Waals surface area contributed by atoms with Crippen LogP contribution in [-0.2, 0) is 28.5 Å². The van der Waals surface area contributed by atoms with Crippen LogP contribution in [0, 0.1) is 0 Å². The zero-order chi connectivity index (χ0) is 34.5. The van der Waals surface area contributed by atoms with E-state index in [9.17, 15) is 30.0 Å². The molecule has 6 atom stereocenters. The molecule has 0 aromatic carbocycles. The molecule has 1 heterocycles. The molecule has 0 amide bonds. The fraction of sp³-hybridized carbons (Fsp3) is 0.730. The van der Waals surface area contributed by atoms with E-state index in [0.717, 1.165) is 83.5 Å². The van der Waals surface area contributed by atoms with Gasteiger partial charge < -0.3 is 39.4 Å². The number of esters is 2. The molecule has 0 aromatic rings. The van der Waals surface area contributed by atoms with Gasteiger partial charge in [-0.05, 0) is 57.8 Å². The Bertz CT molecular complexity index is 900. The van der Waals surface area contributed by atoms with Gasteiger partial charge in [0.15, 0.2) is 12.4 Å². The van der Waals surface area contributed by atoms with Crippen molar-refractivity contribution in [2.75, 3.05) is 19.8 Å². The van der Waals surface area contributed by atoms with Gasteiger partial charge in [0.05, 0.1) is 13.2 Å². The minimum atomic E-state index is -1.60. The fourth-order valence-corrected chi connectivity index (χ4v) is 5.00. The zero-order valence-corrected chi connectivity index (χ0v) is 28.6. The van der Waals surface area contributed by atoms with Gasteiger partial charge in [-0.25, -0.2) is 0 Å². The first-order chi connectivity index (χ1) is 22.8. The van der Waals surface area contributed by atoms with E-state index in [1.807, 2.05) is 6.08 Å². The van der Waals surface area contributed by atoms with Crippen LogP contribution < -0.4 is 0 Å². The van der Waals surface area contributed by atoms with Gasteiger partial charge in [0.2, 0.25) is 0 Å². The van der Waals surface area contributed by atoms with Crippen LogP contribution in [-0.4, -0.2) is 89.0 Å². The second-order valence-corrected chi connectivity index (χ2v) is 12.0. The van der Waals surface area contributed by atoms with Gasteiger partial charge in [-0.3, -0.25) is 9.59 Å². The molecule has 1 rings (SSSR count). The van der Waals surface area contributed by atoms with E-state index in [2.05, 4.69) is 50.0 Å². The first-order valence-electron chi connectivity index (χ1n) is 17.7. The Morgan fingerprint density at radius 2 is 1.30 bits per heavy atom. The van der Waals surface area contributed by atoms with Gasteiger partial charge in [0.1, 0.15) is 31.0 Å². The van der Waals surface area contributed by atoms with E-state index in [1.165, 1.54) is 0 Å². The summed E-state index contributed by atoms with van der Waals surface area (Å²) >= 11 is 0. The van der Waals surface area contributed by atoms with Gasteiger partial charge in [0.25, 0.3) is 0 Å². The van der Waals surface area contributed by atoms with Crippen molar-refractivity contribution in [1.82, 2.24) is 0 Å². The number of rotatable bonds is 28. The van der Waals surface area contributed by atoms with E-state index < -0.39 is 55.4 Å². The number of aliphatic hydroxyl groups is 4. The summed E-state index contributed by atoms with van der Waals surface area (Å²) in [4.78, 5) is 25.0. The highest BCUT2D eigenvalue weighted by atomic mass is 16.7. The number of carbonyl (C=O) groups is 2. The van der Waals surface area contributed by atoms with Crippen molar-refractivity contribution in [3.8, 4) is 0 Å². The van der Waals surface area contributed by atoms with Crippen LogP contribution in [0.5, 0.6) is 0 Å². The van der Waals surface area contributed by atoms with Crippen LogP contribution in [0.2, 0.25) is 0 Å². The van der Waals surface area contributed by atoms with Gasteiger partial charge in [0, 0.05) is 12.8 Å². The number of carbonyl (C=O) groups excluding carboxylic acids is 2. The summed E-state index contributed by atoms with van der Waals surface area (Å²) in [5, 5.41) is 39.7. The molecule has 0 aliphatic carbocycles. The topological polar surface area (TPSA) is 152 Å². The van der Waals surface area contributed by atoms with Crippen LogP contribution in [0.1, 0.15) is 116 Å². The summed E-state index contributed by atoms with van der Waals surface area (Å²) in [6.07, 6.45) is 21.9. The second kappa shape index (κ2) is 28.7. The maximum atomic E-state index is 12.5. The third-order valence-electron chi connectivity index (χ3n) is 7.84. The molecule has 1 fully saturated rings. The van der Waals surface area contributed by atoms with E-state index in [4.69, 9.17) is 18.9 Å². The number of ether oxygens (including phenoxy) is 4. The molecule has 1 saturated heterocycles. The molecule has 0 spiro atoms. The summed E-state index contributed by atoms with van der Waals surface area (Å²) in [6, 6.07) is 0. The predicted octanol–water partition coefficient (Wildman–Crippen LogP) is 5.76. The first-order valence-corrected chi connectivity index (χ1v) is 17.7. The molecular formula is C37H62O10. The van der Waals surface area contributed by atoms with E-state index in [-0.39, 0.29) is 26.1 Å². The van der Waals surface area contributed by atoms with Crippen molar-refractivity contribution >= 4 is 11.9 Å². The van der Waals surface area contributed by atoms with Crippen LogP contribution in [0.3, 0.4) is 0 Å². The van der Waals surface area contributed by atoms with Crippen molar-refractivity contribution in [3.05, 3.63) is 49.1 Å². The van der Waals surface area contributed by atoms with Crippen molar-refractivity contribution in [1.29, 1.82) is 0 Å². The number of hydrogen-bond acceptors (Lipinski definition) is 10. The molecule has 10 nitrogen and oxygen atoms in total. The Labute approximate surface area is 282 Å². The van der Waals surface area contributed by atoms with Crippen molar-refractivity contribution in [3.63, 3.8) is 0 Å². The molecule has 1 aliphatic heterocycles. The smallest absolute Gasteiger partial charge is 0.306 e. The van der Waals surface area contributed by atoms with Gasteiger partial charge in [-0.2, -0.15) is 0 Å². The molecule has 1 aliphatic rings. The van der Waals surface area contributed by atoms with Crippen LogP contribution in [0.15, 0.2) is 49.1 Å². The lowest BCUT2D eigenvalue weighted by Crippen LogP contribution is -2.59. The zero-order valence-electron chi connectivity index (χ0n) is 28.6. The maximum Gasteiger partial charge on any atom is 0.306 e. The molecule has 0 saturated carbocycles. The monoisotopic (exact) mass is 666 g/mol. The third kappa shape index (κ3) is 21.3. The lowest BCUT2D eigenvalue weighted by Gasteiger charge is -2.39. The molecule has 0 radical (unpaired) electrons. The summed E-state index contributed by atoms with van der Waals surface area (Å²) in [7, 11) is 0. The minimum absolute atomic E-state index is 0.204. The maximum absolute atomic E-state index is 12.5. The number of unbranched alkanes of at least 4 members (excludes halogenated alkanes) is 10. The Morgan fingerprint density at radius 1 is 0.723 bits per heavy atom. The summed E-state index contributed by atoms with van der Waals surface area (Å²) in [6.45, 7) is 4.73. The van der Waals surface area contributed by atoms with Crippen LogP contribution in [0.25, 0.3) is 0 Å². The predicted molar refractivity (Wildman–Crippen MR) is 182 cm³/mol. The van der Waals surface area contributed by atoms with E-state index in [0.29, 0.717) is 12.8 Å².